The molecule has 1 heterocycles. The quantitative estimate of drug-likeness (QED) is 0.453. The molecule has 2 aromatic carbocycles. The number of hydrogen-bond acceptors (Lipinski definition) is 6. The second-order valence-electron chi connectivity index (χ2n) is 7.73. The standard InChI is InChI=1S/C25H31NO5/c1-5-30-11-12-31-17-9-10-21-20(15-17)18-7-6-8-19(18)24(26-21)16-13-22(27-2)25(29-4)23(14-16)28-3/h6-7,9-10,13-15,18-19,24,26H,5,8,11-12H2,1-4H3. The molecule has 3 unspecified atom stereocenters. The number of methoxy groups -OCH3 is 3. The van der Waals surface area contributed by atoms with Crippen LogP contribution in [0.1, 0.15) is 36.4 Å². The van der Waals surface area contributed by atoms with Crippen molar-refractivity contribution in [2.24, 2.45) is 5.92 Å². The Hall–Kier alpha value is -2.86. The van der Waals surface area contributed by atoms with E-state index in [2.05, 4.69) is 29.6 Å². The molecular weight excluding hydrogens is 394 g/mol. The Morgan fingerprint density at radius 1 is 0.968 bits per heavy atom. The van der Waals surface area contributed by atoms with Crippen molar-refractivity contribution in [1.82, 2.24) is 0 Å². The Morgan fingerprint density at radius 2 is 1.74 bits per heavy atom. The van der Waals surface area contributed by atoms with Crippen LogP contribution in [0.15, 0.2) is 42.5 Å². The minimum absolute atomic E-state index is 0.130. The second-order valence-corrected chi connectivity index (χ2v) is 7.73. The van der Waals surface area contributed by atoms with E-state index in [0.29, 0.717) is 48.9 Å². The summed E-state index contributed by atoms with van der Waals surface area (Å²) in [4.78, 5) is 0. The normalized spacial score (nSPS) is 21.1. The fourth-order valence-electron chi connectivity index (χ4n) is 4.64. The van der Waals surface area contributed by atoms with Gasteiger partial charge in [0.15, 0.2) is 11.5 Å². The number of rotatable bonds is 9. The van der Waals surface area contributed by atoms with Crippen molar-refractivity contribution in [3.8, 4) is 23.0 Å². The molecule has 0 fully saturated rings. The van der Waals surface area contributed by atoms with E-state index in [9.17, 15) is 0 Å². The van der Waals surface area contributed by atoms with Crippen LogP contribution in [-0.2, 0) is 4.74 Å². The lowest BCUT2D eigenvalue weighted by molar-refractivity contribution is 0.110. The Kier molecular flexibility index (Phi) is 6.56. The summed E-state index contributed by atoms with van der Waals surface area (Å²) in [5.41, 5.74) is 3.52. The Balaban J connectivity index is 1.64. The van der Waals surface area contributed by atoms with Crippen LogP contribution >= 0.6 is 0 Å². The van der Waals surface area contributed by atoms with Crippen molar-refractivity contribution in [3.05, 3.63) is 53.6 Å². The van der Waals surface area contributed by atoms with E-state index >= 15 is 0 Å². The number of fused-ring (bicyclic) bond motifs is 3. The van der Waals surface area contributed by atoms with Gasteiger partial charge >= 0.3 is 0 Å². The maximum absolute atomic E-state index is 5.90. The zero-order valence-electron chi connectivity index (χ0n) is 18.6. The van der Waals surface area contributed by atoms with Crippen LogP contribution in [0.25, 0.3) is 0 Å². The largest absolute Gasteiger partial charge is 0.493 e. The molecule has 0 aromatic heterocycles. The highest BCUT2D eigenvalue weighted by Gasteiger charge is 2.38. The summed E-state index contributed by atoms with van der Waals surface area (Å²) in [6.07, 6.45) is 5.60. The smallest absolute Gasteiger partial charge is 0.203 e. The van der Waals surface area contributed by atoms with Crippen molar-refractivity contribution in [3.63, 3.8) is 0 Å². The number of anilines is 1. The van der Waals surface area contributed by atoms with E-state index in [4.69, 9.17) is 23.7 Å². The summed E-state index contributed by atoms with van der Waals surface area (Å²) in [5, 5.41) is 3.76. The molecule has 0 saturated carbocycles. The maximum Gasteiger partial charge on any atom is 0.203 e. The summed E-state index contributed by atoms with van der Waals surface area (Å²) < 4.78 is 27.9. The minimum Gasteiger partial charge on any atom is -0.493 e. The van der Waals surface area contributed by atoms with Crippen LogP contribution < -0.4 is 24.3 Å². The SMILES string of the molecule is CCOCCOc1ccc2c(c1)C1C=CCC1C(c1cc(OC)c(OC)c(OC)c1)N2. The average molecular weight is 426 g/mol. The fourth-order valence-corrected chi connectivity index (χ4v) is 4.64. The van der Waals surface area contributed by atoms with Gasteiger partial charge < -0.3 is 29.0 Å². The van der Waals surface area contributed by atoms with Gasteiger partial charge in [0.25, 0.3) is 0 Å². The van der Waals surface area contributed by atoms with Gasteiger partial charge in [0.2, 0.25) is 5.75 Å². The van der Waals surface area contributed by atoms with Gasteiger partial charge in [-0.15, -0.1) is 0 Å². The van der Waals surface area contributed by atoms with Crippen molar-refractivity contribution in [1.29, 1.82) is 0 Å². The Bertz CT molecular complexity index is 916. The van der Waals surface area contributed by atoms with Crippen molar-refractivity contribution in [2.45, 2.75) is 25.3 Å². The summed E-state index contributed by atoms with van der Waals surface area (Å²) in [6, 6.07) is 10.5. The monoisotopic (exact) mass is 425 g/mol. The van der Waals surface area contributed by atoms with Gasteiger partial charge in [0.05, 0.1) is 34.0 Å². The number of allylic oxidation sites excluding steroid dienone is 2. The highest BCUT2D eigenvalue weighted by Crippen LogP contribution is 2.52. The van der Waals surface area contributed by atoms with Crippen LogP contribution in [0, 0.1) is 5.92 Å². The van der Waals surface area contributed by atoms with E-state index in [0.717, 1.165) is 23.4 Å². The Morgan fingerprint density at radius 3 is 2.42 bits per heavy atom. The van der Waals surface area contributed by atoms with Crippen molar-refractivity contribution in [2.75, 3.05) is 46.5 Å². The molecule has 6 nitrogen and oxygen atoms in total. The van der Waals surface area contributed by atoms with Crippen molar-refractivity contribution >= 4 is 5.69 Å². The van der Waals surface area contributed by atoms with E-state index in [-0.39, 0.29) is 6.04 Å². The molecule has 0 saturated heterocycles. The first-order chi connectivity index (χ1) is 15.2. The lowest BCUT2D eigenvalue weighted by Crippen LogP contribution is -2.29. The van der Waals surface area contributed by atoms with Gasteiger partial charge in [0.1, 0.15) is 12.4 Å². The molecule has 0 amide bonds. The highest BCUT2D eigenvalue weighted by molar-refractivity contribution is 5.63. The second kappa shape index (κ2) is 9.52. The highest BCUT2D eigenvalue weighted by atomic mass is 16.5. The van der Waals surface area contributed by atoms with Crippen LogP contribution in [0.3, 0.4) is 0 Å². The fraction of sp³-hybridized carbons (Fsp3) is 0.440. The van der Waals surface area contributed by atoms with Crippen LogP contribution in [-0.4, -0.2) is 41.2 Å². The molecule has 2 aliphatic rings. The Labute approximate surface area is 184 Å². The molecule has 2 aromatic rings. The summed E-state index contributed by atoms with van der Waals surface area (Å²) in [6.45, 7) is 3.84. The average Bonchev–Trinajstić information content (AvgIpc) is 3.30. The van der Waals surface area contributed by atoms with Gasteiger partial charge in [-0.3, -0.25) is 0 Å². The van der Waals surface area contributed by atoms with Gasteiger partial charge in [-0.1, -0.05) is 12.2 Å². The van der Waals surface area contributed by atoms with Gasteiger partial charge in [-0.05, 0) is 60.7 Å². The zero-order chi connectivity index (χ0) is 21.8. The predicted molar refractivity (Wildman–Crippen MR) is 121 cm³/mol. The molecule has 6 heteroatoms. The molecule has 31 heavy (non-hydrogen) atoms. The summed E-state index contributed by atoms with van der Waals surface area (Å²) in [7, 11) is 4.93. The molecule has 1 aliphatic carbocycles. The molecule has 0 radical (unpaired) electrons. The first-order valence-electron chi connectivity index (χ1n) is 10.8. The number of benzene rings is 2. The number of hydrogen-bond donors (Lipinski definition) is 1. The molecule has 166 valence electrons. The zero-order valence-corrected chi connectivity index (χ0v) is 18.6. The first-order valence-corrected chi connectivity index (χ1v) is 10.8. The maximum atomic E-state index is 5.90. The predicted octanol–water partition coefficient (Wildman–Crippen LogP) is 4.95. The summed E-state index contributed by atoms with van der Waals surface area (Å²) in [5.74, 6) is 3.56. The lowest BCUT2D eigenvalue weighted by Gasteiger charge is -2.38. The number of ether oxygens (including phenoxy) is 5. The van der Waals surface area contributed by atoms with Crippen LogP contribution in [0.4, 0.5) is 5.69 Å². The molecule has 4 rings (SSSR count). The number of nitrogens with one attached hydrogen (secondary N) is 1. The third-order valence-corrected chi connectivity index (χ3v) is 6.08. The van der Waals surface area contributed by atoms with E-state index < -0.39 is 0 Å². The first kappa shape index (κ1) is 21.4. The third kappa shape index (κ3) is 4.17. The van der Waals surface area contributed by atoms with Crippen LogP contribution in [0.2, 0.25) is 0 Å². The van der Waals surface area contributed by atoms with Crippen LogP contribution in [0.5, 0.6) is 23.0 Å². The minimum atomic E-state index is 0.130. The van der Waals surface area contributed by atoms with Crippen molar-refractivity contribution < 1.29 is 23.7 Å². The summed E-state index contributed by atoms with van der Waals surface area (Å²) >= 11 is 0. The molecule has 3 atom stereocenters. The molecular formula is C25H31NO5. The topological polar surface area (TPSA) is 58.2 Å². The molecule has 1 N–H and O–H groups in total. The van der Waals surface area contributed by atoms with Gasteiger partial charge in [-0.2, -0.15) is 0 Å². The van der Waals surface area contributed by atoms with Gasteiger partial charge in [-0.25, -0.2) is 0 Å². The molecule has 0 bridgehead atoms. The van der Waals surface area contributed by atoms with Gasteiger partial charge in [0, 0.05) is 18.2 Å². The van der Waals surface area contributed by atoms with E-state index in [1.165, 1.54) is 5.56 Å². The van der Waals surface area contributed by atoms with E-state index in [1.807, 2.05) is 25.1 Å². The molecule has 1 aliphatic heterocycles. The third-order valence-electron chi connectivity index (χ3n) is 6.08. The molecule has 0 spiro atoms. The lowest BCUT2D eigenvalue weighted by atomic mass is 9.77. The van der Waals surface area contributed by atoms with E-state index in [1.54, 1.807) is 21.3 Å².